The molecule has 0 spiro atoms. The Hall–Kier alpha value is -1.89. The smallest absolute Gasteiger partial charge is 0.327 e. The highest BCUT2D eigenvalue weighted by Crippen LogP contribution is 2.32. The van der Waals surface area contributed by atoms with Crippen molar-refractivity contribution >= 4 is 0 Å². The van der Waals surface area contributed by atoms with Crippen LogP contribution in [0, 0.1) is 5.82 Å². The second-order valence-electron chi connectivity index (χ2n) is 6.31. The first-order valence-corrected chi connectivity index (χ1v) is 7.17. The van der Waals surface area contributed by atoms with Crippen LogP contribution < -0.4 is 5.73 Å². The Labute approximate surface area is 132 Å². The first-order valence-electron chi connectivity index (χ1n) is 7.17. The molecule has 1 unspecified atom stereocenters. The second kappa shape index (κ2) is 5.96. The molecule has 0 bridgehead atoms. The largest absolute Gasteiger partial charge is 0.434 e. The van der Waals surface area contributed by atoms with Crippen LogP contribution >= 0.6 is 0 Å². The van der Waals surface area contributed by atoms with Gasteiger partial charge in [0.25, 0.3) is 0 Å². The van der Waals surface area contributed by atoms with Gasteiger partial charge in [-0.25, -0.2) is 9.37 Å². The summed E-state index contributed by atoms with van der Waals surface area (Å²) in [6.45, 7) is 5.04. The third-order valence-electron chi connectivity index (χ3n) is 3.49. The van der Waals surface area contributed by atoms with Gasteiger partial charge in [-0.2, -0.15) is 13.2 Å². The Morgan fingerprint density at radius 2 is 1.83 bits per heavy atom. The van der Waals surface area contributed by atoms with Crippen molar-refractivity contribution in [3.63, 3.8) is 0 Å². The molecule has 0 amide bonds. The van der Waals surface area contributed by atoms with Gasteiger partial charge in [-0.1, -0.05) is 18.2 Å². The van der Waals surface area contributed by atoms with E-state index in [0.29, 0.717) is 5.56 Å². The van der Waals surface area contributed by atoms with E-state index < -0.39 is 29.3 Å². The maximum atomic E-state index is 14.0. The molecule has 1 heterocycles. The van der Waals surface area contributed by atoms with Crippen LogP contribution in [0.2, 0.25) is 0 Å². The van der Waals surface area contributed by atoms with Crippen molar-refractivity contribution in [1.29, 1.82) is 0 Å². The average molecular weight is 329 g/mol. The van der Waals surface area contributed by atoms with Crippen molar-refractivity contribution in [3.05, 3.63) is 53.4 Å². The summed E-state index contributed by atoms with van der Waals surface area (Å²) in [6.07, 6.45) is -3.51. The molecule has 2 aromatic rings. The summed E-state index contributed by atoms with van der Waals surface area (Å²) >= 11 is 0. The molecule has 3 nitrogen and oxygen atoms in total. The van der Waals surface area contributed by atoms with E-state index in [1.807, 2.05) is 0 Å². The van der Waals surface area contributed by atoms with Crippen molar-refractivity contribution in [1.82, 2.24) is 9.55 Å². The Bertz CT molecular complexity index is 683. The van der Waals surface area contributed by atoms with Crippen molar-refractivity contribution in [2.75, 3.05) is 0 Å². The lowest BCUT2D eigenvalue weighted by atomic mass is 10.0. The molecule has 126 valence electrons. The minimum absolute atomic E-state index is 0.141. The van der Waals surface area contributed by atoms with Gasteiger partial charge in [-0.05, 0) is 26.8 Å². The molecule has 2 rings (SSSR count). The molecule has 1 atom stereocenters. The lowest BCUT2D eigenvalue weighted by Gasteiger charge is -2.22. The fraction of sp³-hybridized carbons (Fsp3) is 0.438. The molecule has 1 aromatic carbocycles. The van der Waals surface area contributed by atoms with Crippen LogP contribution in [-0.4, -0.2) is 15.1 Å². The molecule has 0 aliphatic heterocycles. The fourth-order valence-electron chi connectivity index (χ4n) is 2.41. The highest BCUT2D eigenvalue weighted by atomic mass is 19.4. The second-order valence-corrected chi connectivity index (χ2v) is 6.31. The van der Waals surface area contributed by atoms with Gasteiger partial charge < -0.3 is 10.3 Å². The van der Waals surface area contributed by atoms with Gasteiger partial charge in [0.05, 0.1) is 6.04 Å². The molecule has 0 saturated carbocycles. The summed E-state index contributed by atoms with van der Waals surface area (Å²) in [4.78, 5) is 3.68. The molecule has 0 fully saturated rings. The van der Waals surface area contributed by atoms with Gasteiger partial charge in [0.15, 0.2) is 5.69 Å². The number of nitrogens with zero attached hydrogens (tertiary/aromatic N) is 2. The summed E-state index contributed by atoms with van der Waals surface area (Å²) in [5, 5.41) is 0. The third-order valence-corrected chi connectivity index (χ3v) is 3.49. The van der Waals surface area contributed by atoms with Crippen LogP contribution in [0.25, 0.3) is 0 Å². The summed E-state index contributed by atoms with van der Waals surface area (Å²) in [6, 6.07) is 5.37. The van der Waals surface area contributed by atoms with E-state index in [-0.39, 0.29) is 12.2 Å². The topological polar surface area (TPSA) is 43.8 Å². The fourth-order valence-corrected chi connectivity index (χ4v) is 2.41. The number of imidazole rings is 1. The molecular formula is C16H19F4N3. The molecule has 0 aliphatic carbocycles. The van der Waals surface area contributed by atoms with Crippen LogP contribution in [0.4, 0.5) is 17.6 Å². The number of benzene rings is 1. The van der Waals surface area contributed by atoms with Crippen LogP contribution in [0.3, 0.4) is 0 Å². The highest BCUT2D eigenvalue weighted by Gasteiger charge is 2.36. The molecule has 2 N–H and O–H groups in total. The summed E-state index contributed by atoms with van der Waals surface area (Å²) in [5.74, 6) is -0.291. The first-order chi connectivity index (χ1) is 10.5. The standard InChI is InChI=1S/C16H19F4N3/c1-10(11-6-4-5-7-12(11)17)23-9-13(16(18,19)20)22-14(23)8-15(2,3)21/h4-7,9-10H,8,21H2,1-3H3. The van der Waals surface area contributed by atoms with Gasteiger partial charge in [-0.3, -0.25) is 0 Å². The lowest BCUT2D eigenvalue weighted by Crippen LogP contribution is -2.35. The van der Waals surface area contributed by atoms with Gasteiger partial charge >= 0.3 is 6.18 Å². The van der Waals surface area contributed by atoms with Gasteiger partial charge in [0.1, 0.15) is 11.6 Å². The van der Waals surface area contributed by atoms with Crippen molar-refractivity contribution in [2.24, 2.45) is 5.73 Å². The number of halogens is 4. The monoisotopic (exact) mass is 329 g/mol. The Kier molecular flexibility index (Phi) is 4.52. The Morgan fingerprint density at radius 3 is 2.35 bits per heavy atom. The minimum Gasteiger partial charge on any atom is -0.327 e. The number of nitrogens with two attached hydrogens (primary N) is 1. The quantitative estimate of drug-likeness (QED) is 0.864. The number of alkyl halides is 3. The lowest BCUT2D eigenvalue weighted by molar-refractivity contribution is -0.141. The van der Waals surface area contributed by atoms with E-state index >= 15 is 0 Å². The number of hydrogen-bond donors (Lipinski definition) is 1. The van der Waals surface area contributed by atoms with Crippen LogP contribution in [0.5, 0.6) is 0 Å². The first kappa shape index (κ1) is 17.5. The Balaban J connectivity index is 2.51. The predicted molar refractivity (Wildman–Crippen MR) is 79.4 cm³/mol. The molecular weight excluding hydrogens is 310 g/mol. The van der Waals surface area contributed by atoms with Crippen LogP contribution in [0.15, 0.2) is 30.5 Å². The van der Waals surface area contributed by atoms with E-state index in [0.717, 1.165) is 6.20 Å². The van der Waals surface area contributed by atoms with Gasteiger partial charge in [0, 0.05) is 23.7 Å². The molecule has 1 aromatic heterocycles. The van der Waals surface area contributed by atoms with Crippen molar-refractivity contribution < 1.29 is 17.6 Å². The molecule has 0 saturated heterocycles. The van der Waals surface area contributed by atoms with Gasteiger partial charge in [0.2, 0.25) is 0 Å². The molecule has 0 radical (unpaired) electrons. The average Bonchev–Trinajstić information content (AvgIpc) is 2.80. The van der Waals surface area contributed by atoms with E-state index in [9.17, 15) is 17.6 Å². The number of rotatable bonds is 4. The van der Waals surface area contributed by atoms with E-state index in [1.165, 1.54) is 16.7 Å². The van der Waals surface area contributed by atoms with Crippen molar-refractivity contribution in [2.45, 2.75) is 44.9 Å². The third kappa shape index (κ3) is 4.10. The molecule has 7 heteroatoms. The van der Waals surface area contributed by atoms with Gasteiger partial charge in [-0.15, -0.1) is 0 Å². The molecule has 0 aliphatic rings. The Morgan fingerprint density at radius 1 is 1.22 bits per heavy atom. The highest BCUT2D eigenvalue weighted by molar-refractivity contribution is 5.24. The van der Waals surface area contributed by atoms with E-state index in [1.54, 1.807) is 32.9 Å². The zero-order chi connectivity index (χ0) is 17.4. The zero-order valence-electron chi connectivity index (χ0n) is 13.2. The minimum atomic E-state index is -4.56. The van der Waals surface area contributed by atoms with E-state index in [4.69, 9.17) is 5.73 Å². The number of aromatic nitrogens is 2. The summed E-state index contributed by atoms with van der Waals surface area (Å²) in [5.41, 5.74) is 4.48. The van der Waals surface area contributed by atoms with Crippen molar-refractivity contribution in [3.8, 4) is 0 Å². The maximum absolute atomic E-state index is 14.0. The SMILES string of the molecule is CC(c1ccccc1F)n1cc(C(F)(F)F)nc1CC(C)(C)N. The van der Waals surface area contributed by atoms with Crippen LogP contribution in [-0.2, 0) is 12.6 Å². The summed E-state index contributed by atoms with van der Waals surface area (Å²) in [7, 11) is 0. The zero-order valence-corrected chi connectivity index (χ0v) is 13.2. The maximum Gasteiger partial charge on any atom is 0.434 e. The summed E-state index contributed by atoms with van der Waals surface area (Å²) < 4.78 is 54.2. The molecule has 23 heavy (non-hydrogen) atoms. The predicted octanol–water partition coefficient (Wildman–Crippen LogP) is 3.93. The number of hydrogen-bond acceptors (Lipinski definition) is 2. The van der Waals surface area contributed by atoms with E-state index in [2.05, 4.69) is 4.98 Å². The normalized spacial score (nSPS) is 14.1. The van der Waals surface area contributed by atoms with Crippen LogP contribution in [0.1, 0.15) is 43.9 Å².